The molecule has 0 aliphatic rings. The van der Waals surface area contributed by atoms with E-state index in [1.165, 1.54) is 6.07 Å². The molecule has 1 aromatic carbocycles. The molecular formula is C12H11FN2O. The van der Waals surface area contributed by atoms with Crippen molar-refractivity contribution in [3.63, 3.8) is 0 Å². The Labute approximate surface area is 92.7 Å². The Morgan fingerprint density at radius 3 is 2.75 bits per heavy atom. The zero-order chi connectivity index (χ0) is 11.4. The molecular weight excluding hydrogens is 207 g/mol. The Bertz CT molecular complexity index is 474. The van der Waals surface area contributed by atoms with Crippen LogP contribution in [0.3, 0.4) is 0 Å². The average molecular weight is 218 g/mol. The Morgan fingerprint density at radius 2 is 2.12 bits per heavy atom. The fourth-order valence-electron chi connectivity index (χ4n) is 1.29. The fraction of sp³-hybridized carbons (Fsp3) is 0.0833. The number of halogens is 1. The molecule has 0 saturated heterocycles. The predicted molar refractivity (Wildman–Crippen MR) is 58.6 cm³/mol. The maximum Gasteiger partial charge on any atom is 0.219 e. The first kappa shape index (κ1) is 10.6. The van der Waals surface area contributed by atoms with E-state index in [2.05, 4.69) is 4.98 Å². The summed E-state index contributed by atoms with van der Waals surface area (Å²) in [6.07, 6.45) is 1.61. The van der Waals surface area contributed by atoms with E-state index in [1.807, 2.05) is 0 Å². The second kappa shape index (κ2) is 4.72. The van der Waals surface area contributed by atoms with Gasteiger partial charge >= 0.3 is 0 Å². The van der Waals surface area contributed by atoms with Gasteiger partial charge in [-0.1, -0.05) is 12.1 Å². The van der Waals surface area contributed by atoms with E-state index in [9.17, 15) is 4.39 Å². The van der Waals surface area contributed by atoms with Crippen molar-refractivity contribution in [2.45, 2.75) is 6.54 Å². The highest BCUT2D eigenvalue weighted by Crippen LogP contribution is 2.21. The lowest BCUT2D eigenvalue weighted by Crippen LogP contribution is -1.99. The quantitative estimate of drug-likeness (QED) is 0.860. The molecule has 0 atom stereocenters. The summed E-state index contributed by atoms with van der Waals surface area (Å²) in [4.78, 5) is 3.98. The third-order valence-corrected chi connectivity index (χ3v) is 2.10. The van der Waals surface area contributed by atoms with Crippen LogP contribution in [0.25, 0.3) is 0 Å². The van der Waals surface area contributed by atoms with Crippen LogP contribution >= 0.6 is 0 Å². The molecule has 0 aliphatic carbocycles. The second-order valence-corrected chi connectivity index (χ2v) is 3.23. The van der Waals surface area contributed by atoms with Crippen LogP contribution in [0.4, 0.5) is 4.39 Å². The Kier molecular flexibility index (Phi) is 3.12. The number of aromatic nitrogens is 1. The largest absolute Gasteiger partial charge is 0.439 e. The first-order valence-corrected chi connectivity index (χ1v) is 4.87. The van der Waals surface area contributed by atoms with E-state index in [0.717, 1.165) is 0 Å². The molecule has 0 aliphatic heterocycles. The Morgan fingerprint density at radius 1 is 1.25 bits per heavy atom. The number of ether oxygens (including phenoxy) is 1. The van der Waals surface area contributed by atoms with Gasteiger partial charge in [0.1, 0.15) is 11.6 Å². The van der Waals surface area contributed by atoms with Crippen molar-refractivity contribution in [1.82, 2.24) is 4.98 Å². The van der Waals surface area contributed by atoms with Gasteiger partial charge in [-0.05, 0) is 12.1 Å². The van der Waals surface area contributed by atoms with Crippen molar-refractivity contribution in [2.75, 3.05) is 0 Å². The summed E-state index contributed by atoms with van der Waals surface area (Å²) < 4.78 is 18.7. The smallest absolute Gasteiger partial charge is 0.219 e. The third-order valence-electron chi connectivity index (χ3n) is 2.10. The van der Waals surface area contributed by atoms with Gasteiger partial charge in [0.15, 0.2) is 0 Å². The van der Waals surface area contributed by atoms with Crippen molar-refractivity contribution >= 4 is 0 Å². The maximum absolute atomic E-state index is 13.4. The lowest BCUT2D eigenvalue weighted by atomic mass is 10.2. The summed E-state index contributed by atoms with van der Waals surface area (Å²) in [5.74, 6) is 0.478. The molecule has 1 aromatic heterocycles. The van der Waals surface area contributed by atoms with Crippen LogP contribution in [0.15, 0.2) is 42.6 Å². The molecule has 2 aromatic rings. The molecule has 1 heterocycles. The van der Waals surface area contributed by atoms with E-state index >= 15 is 0 Å². The maximum atomic E-state index is 13.4. The van der Waals surface area contributed by atoms with Crippen LogP contribution in [0.2, 0.25) is 0 Å². The first-order chi connectivity index (χ1) is 7.79. The first-order valence-electron chi connectivity index (χ1n) is 4.87. The van der Waals surface area contributed by atoms with Crippen LogP contribution in [0.1, 0.15) is 5.56 Å². The summed E-state index contributed by atoms with van der Waals surface area (Å²) in [6, 6.07) is 9.86. The Hall–Kier alpha value is -1.94. The number of nitrogens with zero attached hydrogens (tertiary/aromatic N) is 1. The molecule has 4 heteroatoms. The van der Waals surface area contributed by atoms with Crippen molar-refractivity contribution < 1.29 is 9.13 Å². The van der Waals surface area contributed by atoms with Gasteiger partial charge in [0, 0.05) is 30.4 Å². The summed E-state index contributed by atoms with van der Waals surface area (Å²) in [7, 11) is 0. The molecule has 0 radical (unpaired) electrons. The minimum Gasteiger partial charge on any atom is -0.439 e. The lowest BCUT2D eigenvalue weighted by molar-refractivity contribution is 0.457. The van der Waals surface area contributed by atoms with Gasteiger partial charge in [-0.2, -0.15) is 0 Å². The highest BCUT2D eigenvalue weighted by Gasteiger charge is 2.03. The normalized spacial score (nSPS) is 10.1. The lowest BCUT2D eigenvalue weighted by Gasteiger charge is -2.05. The van der Waals surface area contributed by atoms with Crippen LogP contribution in [0.5, 0.6) is 11.6 Å². The number of rotatable bonds is 3. The topological polar surface area (TPSA) is 48.1 Å². The van der Waals surface area contributed by atoms with Gasteiger partial charge in [0.2, 0.25) is 5.88 Å². The summed E-state index contributed by atoms with van der Waals surface area (Å²) in [5, 5.41) is 0. The van der Waals surface area contributed by atoms with E-state index in [-0.39, 0.29) is 12.4 Å². The number of hydrogen-bond acceptors (Lipinski definition) is 3. The van der Waals surface area contributed by atoms with Crippen molar-refractivity contribution in [3.05, 3.63) is 54.0 Å². The molecule has 82 valence electrons. The molecule has 0 saturated carbocycles. The second-order valence-electron chi connectivity index (χ2n) is 3.23. The van der Waals surface area contributed by atoms with Crippen molar-refractivity contribution in [2.24, 2.45) is 5.73 Å². The summed E-state index contributed by atoms with van der Waals surface area (Å²) >= 11 is 0. The summed E-state index contributed by atoms with van der Waals surface area (Å²) in [5.41, 5.74) is 5.83. The Balaban J connectivity index is 2.20. The van der Waals surface area contributed by atoms with Crippen LogP contribution in [-0.4, -0.2) is 4.98 Å². The van der Waals surface area contributed by atoms with E-state index < -0.39 is 0 Å². The molecule has 16 heavy (non-hydrogen) atoms. The zero-order valence-electron chi connectivity index (χ0n) is 8.56. The molecule has 0 fully saturated rings. The molecule has 2 rings (SSSR count). The molecule has 2 N–H and O–H groups in total. The number of nitrogens with two attached hydrogens (primary N) is 1. The third kappa shape index (κ3) is 2.35. The average Bonchev–Trinajstić information content (AvgIpc) is 2.31. The van der Waals surface area contributed by atoms with Gasteiger partial charge in [0.25, 0.3) is 0 Å². The van der Waals surface area contributed by atoms with Crippen LogP contribution < -0.4 is 10.5 Å². The minimum absolute atomic E-state index is 0.176. The fourth-order valence-corrected chi connectivity index (χ4v) is 1.29. The van der Waals surface area contributed by atoms with E-state index in [0.29, 0.717) is 17.2 Å². The number of benzene rings is 1. The highest BCUT2D eigenvalue weighted by atomic mass is 19.1. The predicted octanol–water partition coefficient (Wildman–Crippen LogP) is 2.47. The van der Waals surface area contributed by atoms with Crippen LogP contribution in [-0.2, 0) is 6.54 Å². The monoisotopic (exact) mass is 218 g/mol. The van der Waals surface area contributed by atoms with E-state index in [4.69, 9.17) is 10.5 Å². The molecule has 0 unspecified atom stereocenters. The highest BCUT2D eigenvalue weighted by molar-refractivity contribution is 5.31. The molecule has 0 bridgehead atoms. The molecule has 0 spiro atoms. The molecule has 0 amide bonds. The van der Waals surface area contributed by atoms with Crippen molar-refractivity contribution in [1.29, 1.82) is 0 Å². The van der Waals surface area contributed by atoms with Crippen LogP contribution in [0, 0.1) is 5.82 Å². The summed E-state index contributed by atoms with van der Waals surface area (Å²) in [6.45, 7) is 0.176. The van der Waals surface area contributed by atoms with Gasteiger partial charge < -0.3 is 10.5 Å². The number of pyridine rings is 1. The van der Waals surface area contributed by atoms with Gasteiger partial charge in [-0.15, -0.1) is 0 Å². The SMILES string of the molecule is NCc1ccc(Oc2ccccn2)cc1F. The zero-order valence-corrected chi connectivity index (χ0v) is 8.56. The van der Waals surface area contributed by atoms with E-state index in [1.54, 1.807) is 36.5 Å². The standard InChI is InChI=1S/C12H11FN2O/c13-11-7-10(5-4-9(11)8-14)16-12-3-1-2-6-15-12/h1-7H,8,14H2. The molecule has 3 nitrogen and oxygen atoms in total. The van der Waals surface area contributed by atoms with Gasteiger partial charge in [0.05, 0.1) is 0 Å². The number of hydrogen-bond donors (Lipinski definition) is 1. The van der Waals surface area contributed by atoms with Crippen molar-refractivity contribution in [3.8, 4) is 11.6 Å². The van der Waals surface area contributed by atoms with Gasteiger partial charge in [-0.3, -0.25) is 0 Å². The minimum atomic E-state index is -0.365. The van der Waals surface area contributed by atoms with Gasteiger partial charge in [-0.25, -0.2) is 9.37 Å².